The number of rotatable bonds is 3. The zero-order chi connectivity index (χ0) is 17.8. The van der Waals surface area contributed by atoms with Gasteiger partial charge in [-0.3, -0.25) is 14.5 Å². The maximum absolute atomic E-state index is 13.1. The number of nitrogens with zero attached hydrogens (tertiary/aromatic N) is 1. The van der Waals surface area contributed by atoms with Crippen LogP contribution >= 0.6 is 11.8 Å². The van der Waals surface area contributed by atoms with Gasteiger partial charge in [0.05, 0.1) is 5.25 Å². The highest BCUT2D eigenvalue weighted by molar-refractivity contribution is 8.00. The molecule has 2 aromatic rings. The van der Waals surface area contributed by atoms with Crippen molar-refractivity contribution in [2.75, 3.05) is 6.54 Å². The van der Waals surface area contributed by atoms with E-state index in [-0.39, 0.29) is 17.1 Å². The van der Waals surface area contributed by atoms with Crippen LogP contribution in [-0.4, -0.2) is 28.5 Å². The van der Waals surface area contributed by atoms with Crippen molar-refractivity contribution in [1.29, 1.82) is 0 Å². The molecule has 3 nitrogen and oxygen atoms in total. The molecule has 1 atom stereocenters. The van der Waals surface area contributed by atoms with Crippen molar-refractivity contribution in [2.45, 2.75) is 36.3 Å². The van der Waals surface area contributed by atoms with E-state index in [9.17, 15) is 14.0 Å². The summed E-state index contributed by atoms with van der Waals surface area (Å²) < 4.78 is 13.1. The van der Waals surface area contributed by atoms with Gasteiger partial charge in [-0.1, -0.05) is 24.6 Å². The van der Waals surface area contributed by atoms with Crippen LogP contribution in [0.25, 0.3) is 0 Å². The third kappa shape index (κ3) is 4.10. The molecule has 2 amide bonds. The third-order valence-electron chi connectivity index (χ3n) is 4.34. The van der Waals surface area contributed by atoms with Crippen molar-refractivity contribution in [3.8, 4) is 0 Å². The van der Waals surface area contributed by atoms with Crippen LogP contribution in [0.15, 0.2) is 53.4 Å². The number of thioether (sulfide) groups is 1. The Morgan fingerprint density at radius 3 is 2.56 bits per heavy atom. The monoisotopic (exact) mass is 357 g/mol. The van der Waals surface area contributed by atoms with Gasteiger partial charge in [0.2, 0.25) is 5.91 Å². The Kier molecular flexibility index (Phi) is 5.53. The summed E-state index contributed by atoms with van der Waals surface area (Å²) in [5.74, 6) is -0.894. The number of hydrogen-bond acceptors (Lipinski definition) is 3. The maximum atomic E-state index is 13.1. The summed E-state index contributed by atoms with van der Waals surface area (Å²) in [6, 6.07) is 13.3. The van der Waals surface area contributed by atoms with Crippen molar-refractivity contribution in [3.63, 3.8) is 0 Å². The van der Waals surface area contributed by atoms with E-state index in [4.69, 9.17) is 0 Å². The van der Waals surface area contributed by atoms with Gasteiger partial charge >= 0.3 is 0 Å². The molecule has 130 valence electrons. The van der Waals surface area contributed by atoms with Gasteiger partial charge < -0.3 is 0 Å². The van der Waals surface area contributed by atoms with Crippen LogP contribution in [-0.2, 0) is 4.79 Å². The molecular weight excluding hydrogens is 337 g/mol. The Balaban J connectivity index is 1.80. The van der Waals surface area contributed by atoms with Gasteiger partial charge in [0.1, 0.15) is 5.82 Å². The van der Waals surface area contributed by atoms with Gasteiger partial charge in [0.25, 0.3) is 5.91 Å². The van der Waals surface area contributed by atoms with Gasteiger partial charge in [-0.25, -0.2) is 4.39 Å². The molecule has 0 bridgehead atoms. The molecule has 1 heterocycles. The molecule has 0 aromatic heterocycles. The van der Waals surface area contributed by atoms with Gasteiger partial charge in [-0.15, -0.1) is 11.8 Å². The van der Waals surface area contributed by atoms with Crippen LogP contribution < -0.4 is 0 Å². The third-order valence-corrected chi connectivity index (χ3v) is 5.77. The zero-order valence-electron chi connectivity index (χ0n) is 14.1. The van der Waals surface area contributed by atoms with Crippen LogP contribution in [0.5, 0.6) is 0 Å². The Bertz CT molecular complexity index is 776. The summed E-state index contributed by atoms with van der Waals surface area (Å²) in [6.07, 6.45) is 2.46. The number of amides is 2. The molecule has 0 saturated carbocycles. The molecule has 1 aliphatic rings. The lowest BCUT2D eigenvalue weighted by atomic mass is 10.2. The summed E-state index contributed by atoms with van der Waals surface area (Å²) >= 11 is 1.53. The SMILES string of the molecule is Cc1ccccc1S[C@H]1CCCCN(C(=O)c2ccc(F)cc2)C1=O. The van der Waals surface area contributed by atoms with Crippen molar-refractivity contribution in [1.82, 2.24) is 4.90 Å². The molecule has 0 unspecified atom stereocenters. The number of carbonyl (C=O) groups excluding carboxylic acids is 2. The zero-order valence-corrected chi connectivity index (χ0v) is 14.9. The lowest BCUT2D eigenvalue weighted by Gasteiger charge is -2.23. The summed E-state index contributed by atoms with van der Waals surface area (Å²) in [6.45, 7) is 2.44. The van der Waals surface area contributed by atoms with E-state index in [0.717, 1.165) is 29.7 Å². The lowest BCUT2D eigenvalue weighted by molar-refractivity contribution is -0.127. The smallest absolute Gasteiger partial charge is 0.260 e. The average molecular weight is 357 g/mol. The summed E-state index contributed by atoms with van der Waals surface area (Å²) in [4.78, 5) is 28.1. The lowest BCUT2D eigenvalue weighted by Crippen LogP contribution is -2.41. The molecule has 1 saturated heterocycles. The van der Waals surface area contributed by atoms with E-state index < -0.39 is 5.82 Å². The van der Waals surface area contributed by atoms with Crippen LogP contribution in [0.2, 0.25) is 0 Å². The van der Waals surface area contributed by atoms with Crippen LogP contribution in [0.1, 0.15) is 35.2 Å². The Labute approximate surface area is 151 Å². The normalized spacial score (nSPS) is 18.1. The highest BCUT2D eigenvalue weighted by Gasteiger charge is 2.32. The molecule has 0 aliphatic carbocycles. The Morgan fingerprint density at radius 2 is 1.84 bits per heavy atom. The minimum atomic E-state index is -0.397. The quantitative estimate of drug-likeness (QED) is 0.762. The molecule has 3 rings (SSSR count). The molecule has 0 radical (unpaired) electrons. The molecule has 5 heteroatoms. The highest BCUT2D eigenvalue weighted by atomic mass is 32.2. The predicted molar refractivity (Wildman–Crippen MR) is 97.1 cm³/mol. The van der Waals surface area contributed by atoms with Gasteiger partial charge in [-0.05, 0) is 55.7 Å². The van der Waals surface area contributed by atoms with Gasteiger partial charge in [-0.2, -0.15) is 0 Å². The number of carbonyl (C=O) groups is 2. The highest BCUT2D eigenvalue weighted by Crippen LogP contribution is 2.32. The van der Waals surface area contributed by atoms with E-state index >= 15 is 0 Å². The Hall–Kier alpha value is -2.14. The van der Waals surface area contributed by atoms with Crippen molar-refractivity contribution in [2.24, 2.45) is 0 Å². The van der Waals surface area contributed by atoms with Crippen LogP contribution in [0.4, 0.5) is 4.39 Å². The van der Waals surface area contributed by atoms with E-state index in [1.807, 2.05) is 31.2 Å². The van der Waals surface area contributed by atoms with Crippen molar-refractivity contribution in [3.05, 3.63) is 65.5 Å². The fourth-order valence-corrected chi connectivity index (χ4v) is 4.14. The maximum Gasteiger partial charge on any atom is 0.260 e. The first-order valence-corrected chi connectivity index (χ1v) is 9.28. The standard InChI is InChI=1S/C20H20FNO2S/c1-14-6-2-3-7-17(14)25-18-8-4-5-13-22(20(18)24)19(23)15-9-11-16(21)12-10-15/h2-3,6-7,9-12,18H,4-5,8,13H2,1H3/t18-/m0/s1. The summed E-state index contributed by atoms with van der Waals surface area (Å²) in [5.41, 5.74) is 1.47. The average Bonchev–Trinajstić information content (AvgIpc) is 2.79. The first-order valence-electron chi connectivity index (χ1n) is 8.40. The minimum absolute atomic E-state index is 0.153. The molecule has 0 N–H and O–H groups in total. The summed E-state index contributed by atoms with van der Waals surface area (Å²) in [7, 11) is 0. The van der Waals surface area contributed by atoms with E-state index in [2.05, 4.69) is 0 Å². The number of likely N-dealkylation sites (tertiary alicyclic amines) is 1. The van der Waals surface area contributed by atoms with Crippen LogP contribution in [0.3, 0.4) is 0 Å². The van der Waals surface area contributed by atoms with Crippen LogP contribution in [0, 0.1) is 12.7 Å². The number of halogens is 1. The number of benzene rings is 2. The molecule has 0 spiro atoms. The Morgan fingerprint density at radius 1 is 1.12 bits per heavy atom. The first-order chi connectivity index (χ1) is 12.1. The molecule has 1 aliphatic heterocycles. The minimum Gasteiger partial charge on any atom is -0.278 e. The van der Waals surface area contributed by atoms with E-state index in [1.54, 1.807) is 0 Å². The number of aryl methyl sites for hydroxylation is 1. The first kappa shape index (κ1) is 17.7. The second-order valence-electron chi connectivity index (χ2n) is 6.17. The predicted octanol–water partition coefficient (Wildman–Crippen LogP) is 4.45. The summed E-state index contributed by atoms with van der Waals surface area (Å²) in [5, 5.41) is -0.270. The number of hydrogen-bond donors (Lipinski definition) is 0. The van der Waals surface area contributed by atoms with Crippen molar-refractivity contribution < 1.29 is 14.0 Å². The van der Waals surface area contributed by atoms with Crippen molar-refractivity contribution >= 4 is 23.6 Å². The largest absolute Gasteiger partial charge is 0.278 e. The molecular formula is C20H20FNO2S. The fourth-order valence-electron chi connectivity index (χ4n) is 2.91. The van der Waals surface area contributed by atoms with E-state index in [0.29, 0.717) is 12.1 Å². The van der Waals surface area contributed by atoms with Gasteiger partial charge in [0, 0.05) is 17.0 Å². The van der Waals surface area contributed by atoms with E-state index in [1.165, 1.54) is 40.9 Å². The fraction of sp³-hybridized carbons (Fsp3) is 0.300. The van der Waals surface area contributed by atoms with Gasteiger partial charge in [0.15, 0.2) is 0 Å². The molecule has 1 fully saturated rings. The number of imide groups is 1. The molecule has 2 aromatic carbocycles. The molecule has 25 heavy (non-hydrogen) atoms. The second kappa shape index (κ2) is 7.83. The topological polar surface area (TPSA) is 37.4 Å². The second-order valence-corrected chi connectivity index (χ2v) is 7.41.